The third-order valence-corrected chi connectivity index (χ3v) is 12.4. The summed E-state index contributed by atoms with van der Waals surface area (Å²) in [5.74, 6) is 0.606. The second-order valence-electron chi connectivity index (χ2n) is 15.0. The summed E-state index contributed by atoms with van der Waals surface area (Å²) in [6.45, 7) is 0. The fourth-order valence-electron chi connectivity index (χ4n) is 8.29. The zero-order valence-electron chi connectivity index (χ0n) is 32.6. The van der Waals surface area contributed by atoms with E-state index < -0.39 is 0 Å². The van der Waals surface area contributed by atoms with Gasteiger partial charge < -0.3 is 9.32 Å². The van der Waals surface area contributed by atoms with Gasteiger partial charge in [0.05, 0.1) is 11.6 Å². The number of anilines is 3. The monoisotopic (exact) mass is 772 g/mol. The largest absolute Gasteiger partial charge is 0.436 e. The van der Waals surface area contributed by atoms with Crippen LogP contribution < -0.4 is 4.90 Å². The van der Waals surface area contributed by atoms with Crippen LogP contribution in [0, 0.1) is 0 Å². The van der Waals surface area contributed by atoms with Crippen molar-refractivity contribution in [3.8, 4) is 33.2 Å². The summed E-state index contributed by atoms with van der Waals surface area (Å²) >= 11 is 1.72. The summed E-state index contributed by atoms with van der Waals surface area (Å²) in [6, 6.07) is 68.4. The smallest absolute Gasteiger partial charge is 0.227 e. The van der Waals surface area contributed by atoms with E-state index in [2.05, 4.69) is 163 Å². The Morgan fingerprint density at radius 1 is 0.407 bits per heavy atom. The fourth-order valence-corrected chi connectivity index (χ4v) is 9.25. The third-order valence-electron chi connectivity index (χ3n) is 11.3. The summed E-state index contributed by atoms with van der Waals surface area (Å²) in [7, 11) is 0. The van der Waals surface area contributed by atoms with Crippen LogP contribution in [0.1, 0.15) is 1.37 Å². The summed E-state index contributed by atoms with van der Waals surface area (Å²) < 4.78 is 16.7. The Labute approximate surface area is 345 Å². The average molecular weight is 773 g/mol. The molecule has 12 rings (SSSR count). The van der Waals surface area contributed by atoms with E-state index in [0.717, 1.165) is 93.3 Å². The average Bonchev–Trinajstić information content (AvgIpc) is 3.94. The van der Waals surface area contributed by atoms with Crippen molar-refractivity contribution in [1.29, 1.82) is 0 Å². The van der Waals surface area contributed by atoms with Gasteiger partial charge in [-0.3, -0.25) is 0 Å². The Kier molecular flexibility index (Phi) is 7.44. The first-order valence-corrected chi connectivity index (χ1v) is 20.5. The predicted octanol–water partition coefficient (Wildman–Crippen LogP) is 15.5. The van der Waals surface area contributed by atoms with Gasteiger partial charge in [-0.1, -0.05) is 109 Å². The van der Waals surface area contributed by atoms with E-state index in [-0.39, 0.29) is 0 Å². The topological polar surface area (TPSA) is 42.2 Å². The van der Waals surface area contributed by atoms with Gasteiger partial charge in [-0.2, -0.15) is 0 Å². The van der Waals surface area contributed by atoms with E-state index in [1.807, 2.05) is 36.4 Å². The first-order chi connectivity index (χ1) is 29.6. The van der Waals surface area contributed by atoms with E-state index >= 15 is 0 Å². The molecule has 0 radical (unpaired) electrons. The van der Waals surface area contributed by atoms with Crippen LogP contribution in [0.3, 0.4) is 0 Å². The molecule has 276 valence electrons. The van der Waals surface area contributed by atoms with Crippen LogP contribution in [0.2, 0.25) is 0 Å². The second-order valence-corrected chi connectivity index (χ2v) is 16.1. The second kappa shape index (κ2) is 13.5. The molecule has 4 nitrogen and oxygen atoms in total. The maximum Gasteiger partial charge on any atom is 0.227 e. The van der Waals surface area contributed by atoms with E-state index in [1.54, 1.807) is 11.3 Å². The van der Waals surface area contributed by atoms with Crippen molar-refractivity contribution in [2.24, 2.45) is 0 Å². The first-order valence-electron chi connectivity index (χ1n) is 20.2. The Balaban J connectivity index is 0.966. The van der Waals surface area contributed by atoms with Crippen LogP contribution in [0.5, 0.6) is 0 Å². The molecule has 59 heavy (non-hydrogen) atoms. The van der Waals surface area contributed by atoms with Gasteiger partial charge in [-0.15, -0.1) is 11.3 Å². The Morgan fingerprint density at radius 2 is 0.915 bits per heavy atom. The lowest BCUT2D eigenvalue weighted by Gasteiger charge is -2.26. The summed E-state index contributed by atoms with van der Waals surface area (Å²) in [5.41, 5.74) is 9.83. The van der Waals surface area contributed by atoms with Gasteiger partial charge in [0, 0.05) is 28.2 Å². The zero-order valence-corrected chi connectivity index (χ0v) is 32.4. The molecule has 0 saturated heterocycles. The Morgan fingerprint density at radius 3 is 1.66 bits per heavy atom. The molecule has 0 fully saturated rings. The molecule has 0 amide bonds. The zero-order chi connectivity index (χ0) is 39.7. The summed E-state index contributed by atoms with van der Waals surface area (Å²) in [5, 5.41) is 9.79. The molecule has 0 atom stereocenters. The molecule has 0 aliphatic rings. The molecular formula is C54H33N3OS. The van der Waals surface area contributed by atoms with Crippen LogP contribution in [0.25, 0.3) is 97.6 Å². The molecule has 2 heterocycles. The first kappa shape index (κ1) is 32.5. The van der Waals surface area contributed by atoms with E-state index in [9.17, 15) is 1.37 Å². The van der Waals surface area contributed by atoms with Gasteiger partial charge in [0.15, 0.2) is 5.58 Å². The minimum Gasteiger partial charge on any atom is -0.436 e. The standard InChI is InChI=1S/C54H33N3OS/c1-2-8-35-27-36(14-13-34(35)7-1)37-15-16-41-31-46(24-21-38(41)28-37)57(47-25-22-39-29-44(19-17-42(39)32-47)53-55-49-9-3-5-11-51(49)58-53)48-26-23-40-30-45(20-18-43(40)33-48)54-56-50-10-4-6-12-52(50)59-54/h1-33H/i21D. The van der Waals surface area contributed by atoms with E-state index in [4.69, 9.17) is 14.4 Å². The van der Waals surface area contributed by atoms with Crippen molar-refractivity contribution >= 4 is 92.8 Å². The van der Waals surface area contributed by atoms with E-state index in [0.29, 0.717) is 11.9 Å². The highest BCUT2D eigenvalue weighted by molar-refractivity contribution is 7.21. The summed E-state index contributed by atoms with van der Waals surface area (Å²) in [6.07, 6.45) is 0. The van der Waals surface area contributed by atoms with Crippen LogP contribution in [0.15, 0.2) is 205 Å². The lowest BCUT2D eigenvalue weighted by Crippen LogP contribution is -2.10. The van der Waals surface area contributed by atoms with Crippen LogP contribution in [-0.2, 0) is 0 Å². The quantitative estimate of drug-likeness (QED) is 0.169. The molecule has 0 aliphatic carbocycles. The number of fused-ring (bicyclic) bond motifs is 6. The number of rotatable bonds is 6. The SMILES string of the molecule is [2H]c1cc(N(c2ccc3cc(-c4nc5ccccc5o4)ccc3c2)c2ccc3cc(-c4nc5ccccc5s4)ccc3c2)cc2ccc(-c3ccc4ccccc4c3)cc12. The van der Waals surface area contributed by atoms with Crippen LogP contribution in [-0.4, -0.2) is 9.97 Å². The van der Waals surface area contributed by atoms with Crippen molar-refractivity contribution in [3.63, 3.8) is 0 Å². The highest BCUT2D eigenvalue weighted by atomic mass is 32.1. The maximum absolute atomic E-state index is 9.42. The predicted molar refractivity (Wildman–Crippen MR) is 248 cm³/mol. The summed E-state index contributed by atoms with van der Waals surface area (Å²) in [4.78, 5) is 11.9. The Hall–Kier alpha value is -7.60. The molecule has 10 aromatic carbocycles. The van der Waals surface area contributed by atoms with Crippen molar-refractivity contribution in [2.75, 3.05) is 4.90 Å². The van der Waals surface area contributed by atoms with Crippen molar-refractivity contribution in [2.45, 2.75) is 0 Å². The van der Waals surface area contributed by atoms with Crippen LogP contribution in [0.4, 0.5) is 17.1 Å². The Bertz CT molecular complexity index is 3440. The van der Waals surface area contributed by atoms with Crippen molar-refractivity contribution in [1.82, 2.24) is 9.97 Å². The number of para-hydroxylation sites is 3. The maximum atomic E-state index is 9.42. The number of hydrogen-bond donors (Lipinski definition) is 0. The van der Waals surface area contributed by atoms with Crippen LogP contribution >= 0.6 is 11.3 Å². The van der Waals surface area contributed by atoms with E-state index in [1.165, 1.54) is 15.5 Å². The van der Waals surface area contributed by atoms with Gasteiger partial charge in [0.2, 0.25) is 5.89 Å². The molecule has 2 aromatic heterocycles. The van der Waals surface area contributed by atoms with Gasteiger partial charge >= 0.3 is 0 Å². The molecule has 0 unspecified atom stereocenters. The number of oxazole rings is 1. The third kappa shape index (κ3) is 5.99. The van der Waals surface area contributed by atoms with Crippen molar-refractivity contribution < 1.29 is 5.79 Å². The molecule has 0 bridgehead atoms. The number of benzene rings is 10. The minimum absolute atomic E-state index is 0.472. The highest BCUT2D eigenvalue weighted by Crippen LogP contribution is 2.41. The normalized spacial score (nSPS) is 12.0. The molecule has 0 saturated carbocycles. The lowest BCUT2D eigenvalue weighted by atomic mass is 9.98. The number of thiazole rings is 1. The molecule has 0 spiro atoms. The molecule has 5 heteroatoms. The van der Waals surface area contributed by atoms with Crippen molar-refractivity contribution in [3.05, 3.63) is 200 Å². The van der Waals surface area contributed by atoms with Gasteiger partial charge in [-0.05, 0) is 145 Å². The molecule has 0 aliphatic heterocycles. The van der Waals surface area contributed by atoms with Gasteiger partial charge in [0.1, 0.15) is 10.5 Å². The molecule has 0 N–H and O–H groups in total. The van der Waals surface area contributed by atoms with Gasteiger partial charge in [0.25, 0.3) is 0 Å². The number of aromatic nitrogens is 2. The lowest BCUT2D eigenvalue weighted by molar-refractivity contribution is 0.620. The minimum atomic E-state index is 0.472. The highest BCUT2D eigenvalue weighted by Gasteiger charge is 2.17. The molecular weight excluding hydrogens is 739 g/mol. The molecule has 12 aromatic rings. The fraction of sp³-hybridized carbons (Fsp3) is 0. The number of nitrogens with zero attached hydrogens (tertiary/aromatic N) is 3. The van der Waals surface area contributed by atoms with Gasteiger partial charge in [-0.25, -0.2) is 9.97 Å². The number of hydrogen-bond acceptors (Lipinski definition) is 5.